The fourth-order valence-corrected chi connectivity index (χ4v) is 4.29. The van der Waals surface area contributed by atoms with Crippen LogP contribution in [0.1, 0.15) is 28.5 Å². The molecule has 0 radical (unpaired) electrons. The van der Waals surface area contributed by atoms with Crippen molar-refractivity contribution in [2.75, 3.05) is 19.0 Å². The number of aromatic nitrogens is 1. The van der Waals surface area contributed by atoms with Crippen molar-refractivity contribution in [2.24, 2.45) is 0 Å². The van der Waals surface area contributed by atoms with Gasteiger partial charge in [0.25, 0.3) is 0 Å². The summed E-state index contributed by atoms with van der Waals surface area (Å²) in [7, 11) is 3.97. The Labute approximate surface area is 162 Å². The van der Waals surface area contributed by atoms with E-state index in [1.54, 1.807) is 11.3 Å². The molecule has 138 valence electrons. The monoisotopic (exact) mass is 379 g/mol. The highest BCUT2D eigenvalue weighted by Crippen LogP contribution is 2.39. The third kappa shape index (κ3) is 3.80. The summed E-state index contributed by atoms with van der Waals surface area (Å²) in [6.07, 6.45) is 0.414. The summed E-state index contributed by atoms with van der Waals surface area (Å²) in [6.45, 7) is 0.481. The normalized spacial score (nSPS) is 16.2. The number of hydrogen-bond donors (Lipinski definition) is 1. The highest BCUT2D eigenvalue weighted by atomic mass is 32.1. The van der Waals surface area contributed by atoms with Crippen molar-refractivity contribution in [1.29, 1.82) is 0 Å². The zero-order chi connectivity index (χ0) is 18.8. The first kappa shape index (κ1) is 17.5. The van der Waals surface area contributed by atoms with Crippen molar-refractivity contribution in [1.82, 2.24) is 10.3 Å². The smallest absolute Gasteiger partial charge is 0.221 e. The van der Waals surface area contributed by atoms with Gasteiger partial charge in [0.05, 0.1) is 12.2 Å². The topological polar surface area (TPSA) is 54.5 Å². The SMILES string of the molecule is CN(C)c1nc2c(s1)[C@@H](c1cccc(Oc3ccccc3)c1)CC(=O)NC2. The Hall–Kier alpha value is -2.86. The molecule has 1 aromatic heterocycles. The van der Waals surface area contributed by atoms with E-state index in [-0.39, 0.29) is 11.8 Å². The molecular weight excluding hydrogens is 358 g/mol. The van der Waals surface area contributed by atoms with Gasteiger partial charge < -0.3 is 15.0 Å². The first-order chi connectivity index (χ1) is 13.1. The molecule has 2 heterocycles. The maximum atomic E-state index is 12.3. The van der Waals surface area contributed by atoms with Crippen molar-refractivity contribution in [2.45, 2.75) is 18.9 Å². The van der Waals surface area contributed by atoms with E-state index in [1.807, 2.05) is 67.5 Å². The van der Waals surface area contributed by atoms with Crippen molar-refractivity contribution in [3.63, 3.8) is 0 Å². The first-order valence-electron chi connectivity index (χ1n) is 8.86. The third-order valence-corrected chi connectivity index (χ3v) is 5.88. The van der Waals surface area contributed by atoms with Gasteiger partial charge in [-0.1, -0.05) is 30.3 Å². The van der Waals surface area contributed by atoms with Crippen LogP contribution in [0.4, 0.5) is 5.13 Å². The summed E-state index contributed by atoms with van der Waals surface area (Å²) in [5, 5.41) is 3.92. The number of rotatable bonds is 4. The lowest BCUT2D eigenvalue weighted by Crippen LogP contribution is -2.21. The minimum Gasteiger partial charge on any atom is -0.457 e. The number of nitrogens with one attached hydrogen (secondary N) is 1. The average Bonchev–Trinajstić information content (AvgIpc) is 3.03. The summed E-state index contributed by atoms with van der Waals surface area (Å²) in [5.74, 6) is 1.59. The lowest BCUT2D eigenvalue weighted by Gasteiger charge is -2.15. The van der Waals surface area contributed by atoms with Crippen LogP contribution in [0.25, 0.3) is 0 Å². The zero-order valence-corrected chi connectivity index (χ0v) is 16.1. The van der Waals surface area contributed by atoms with Gasteiger partial charge in [0.15, 0.2) is 5.13 Å². The Kier molecular flexibility index (Phi) is 4.81. The number of carbonyl (C=O) groups is 1. The number of ether oxygens (including phenoxy) is 1. The summed E-state index contributed by atoms with van der Waals surface area (Å²) in [6, 6.07) is 17.7. The molecule has 2 aromatic carbocycles. The molecule has 1 amide bonds. The van der Waals surface area contributed by atoms with Gasteiger partial charge in [-0.05, 0) is 29.8 Å². The predicted molar refractivity (Wildman–Crippen MR) is 108 cm³/mol. The van der Waals surface area contributed by atoms with E-state index in [2.05, 4.69) is 11.4 Å². The molecule has 1 aliphatic rings. The van der Waals surface area contributed by atoms with E-state index in [0.717, 1.165) is 32.8 Å². The molecule has 0 fully saturated rings. The van der Waals surface area contributed by atoms with Gasteiger partial charge in [-0.3, -0.25) is 4.79 Å². The van der Waals surface area contributed by atoms with E-state index >= 15 is 0 Å². The summed E-state index contributed by atoms with van der Waals surface area (Å²) in [4.78, 5) is 20.1. The van der Waals surface area contributed by atoms with Gasteiger partial charge in [-0.15, -0.1) is 11.3 Å². The number of amides is 1. The van der Waals surface area contributed by atoms with Crippen molar-refractivity contribution >= 4 is 22.4 Å². The highest BCUT2D eigenvalue weighted by Gasteiger charge is 2.28. The molecule has 5 nitrogen and oxygen atoms in total. The van der Waals surface area contributed by atoms with E-state index in [0.29, 0.717) is 13.0 Å². The summed E-state index contributed by atoms with van der Waals surface area (Å²) >= 11 is 1.65. The number of thiazole rings is 1. The second kappa shape index (κ2) is 7.40. The number of fused-ring (bicyclic) bond motifs is 1. The number of carbonyl (C=O) groups excluding carboxylic acids is 1. The maximum Gasteiger partial charge on any atom is 0.221 e. The fraction of sp³-hybridized carbons (Fsp3) is 0.238. The molecule has 4 rings (SSSR count). The fourth-order valence-electron chi connectivity index (χ4n) is 3.16. The Morgan fingerprint density at radius 2 is 1.89 bits per heavy atom. The van der Waals surface area contributed by atoms with E-state index < -0.39 is 0 Å². The van der Waals surface area contributed by atoms with Crippen LogP contribution in [0.2, 0.25) is 0 Å². The van der Waals surface area contributed by atoms with Gasteiger partial charge in [-0.2, -0.15) is 0 Å². The molecule has 27 heavy (non-hydrogen) atoms. The molecule has 1 aliphatic heterocycles. The van der Waals surface area contributed by atoms with Gasteiger partial charge in [0.1, 0.15) is 11.5 Å². The van der Waals surface area contributed by atoms with Gasteiger partial charge in [0.2, 0.25) is 5.91 Å². The maximum absolute atomic E-state index is 12.3. The molecule has 3 aromatic rings. The van der Waals surface area contributed by atoms with Crippen molar-refractivity contribution in [3.8, 4) is 11.5 Å². The highest BCUT2D eigenvalue weighted by molar-refractivity contribution is 7.15. The minimum absolute atomic E-state index is 0.0203. The van der Waals surface area contributed by atoms with Gasteiger partial charge >= 0.3 is 0 Å². The Morgan fingerprint density at radius 3 is 2.67 bits per heavy atom. The molecule has 1 atom stereocenters. The Bertz CT molecular complexity index is 953. The number of hydrogen-bond acceptors (Lipinski definition) is 5. The second-order valence-corrected chi connectivity index (χ2v) is 7.73. The molecule has 0 aliphatic carbocycles. The second-order valence-electron chi connectivity index (χ2n) is 6.72. The van der Waals surface area contributed by atoms with Gasteiger partial charge in [0, 0.05) is 31.3 Å². The third-order valence-electron chi connectivity index (χ3n) is 4.50. The molecule has 0 saturated heterocycles. The lowest BCUT2D eigenvalue weighted by atomic mass is 9.93. The summed E-state index contributed by atoms with van der Waals surface area (Å²) in [5.41, 5.74) is 2.02. The molecule has 0 saturated carbocycles. The van der Waals surface area contributed by atoms with Crippen molar-refractivity contribution < 1.29 is 9.53 Å². The molecular formula is C21H21N3O2S. The summed E-state index contributed by atoms with van der Waals surface area (Å²) < 4.78 is 5.98. The van der Waals surface area contributed by atoms with Crippen LogP contribution in [0.3, 0.4) is 0 Å². The number of para-hydroxylation sites is 1. The Balaban J connectivity index is 1.69. The van der Waals surface area contributed by atoms with Crippen LogP contribution in [-0.2, 0) is 11.3 Å². The van der Waals surface area contributed by atoms with Crippen LogP contribution < -0.4 is 15.0 Å². The molecule has 0 bridgehead atoms. The largest absolute Gasteiger partial charge is 0.457 e. The van der Waals surface area contributed by atoms with E-state index in [9.17, 15) is 4.79 Å². The van der Waals surface area contributed by atoms with Gasteiger partial charge in [-0.25, -0.2) is 4.98 Å². The Morgan fingerprint density at radius 1 is 1.11 bits per heavy atom. The average molecular weight is 379 g/mol. The lowest BCUT2D eigenvalue weighted by molar-refractivity contribution is -0.121. The minimum atomic E-state index is -0.0203. The van der Waals surface area contributed by atoms with Crippen LogP contribution in [0, 0.1) is 0 Å². The van der Waals surface area contributed by atoms with E-state index in [1.165, 1.54) is 0 Å². The number of anilines is 1. The molecule has 0 unspecified atom stereocenters. The molecule has 6 heteroatoms. The van der Waals surface area contributed by atoms with Crippen molar-refractivity contribution in [3.05, 3.63) is 70.7 Å². The quantitative estimate of drug-likeness (QED) is 0.740. The van der Waals surface area contributed by atoms with Crippen LogP contribution in [0.15, 0.2) is 54.6 Å². The standard InChI is InChI=1S/C21H21N3O2S/c1-24(2)21-23-18-13-22-19(25)12-17(20(18)27-21)14-7-6-10-16(11-14)26-15-8-4-3-5-9-15/h3-11,17H,12-13H2,1-2H3,(H,22,25)/t17-/m1/s1. The zero-order valence-electron chi connectivity index (χ0n) is 15.3. The molecule has 0 spiro atoms. The number of nitrogens with zero attached hydrogens (tertiary/aromatic N) is 2. The first-order valence-corrected chi connectivity index (χ1v) is 9.68. The van der Waals surface area contributed by atoms with Crippen LogP contribution in [0.5, 0.6) is 11.5 Å². The van der Waals surface area contributed by atoms with Crippen LogP contribution in [-0.4, -0.2) is 25.0 Å². The predicted octanol–water partition coefficient (Wildman–Crippen LogP) is 4.15. The molecule has 1 N–H and O–H groups in total. The van der Waals surface area contributed by atoms with Crippen LogP contribution >= 0.6 is 11.3 Å². The van der Waals surface area contributed by atoms with E-state index in [4.69, 9.17) is 9.72 Å². The number of benzene rings is 2.